The Morgan fingerprint density at radius 2 is 1.57 bits per heavy atom. The fourth-order valence-electron chi connectivity index (χ4n) is 2.03. The van der Waals surface area contributed by atoms with Crippen LogP contribution in [0.4, 0.5) is 5.69 Å². The Kier molecular flexibility index (Phi) is 9.32. The van der Waals surface area contributed by atoms with Crippen molar-refractivity contribution in [1.29, 1.82) is 5.41 Å². The number of hydrazine groups is 1. The lowest BCUT2D eigenvalue weighted by molar-refractivity contribution is -0.134. The molecule has 0 atom stereocenters. The number of hydrogen-bond donors (Lipinski definition) is 4. The number of hydrogen-bond acceptors (Lipinski definition) is 5. The molecule has 2 rings (SSSR count). The van der Waals surface area contributed by atoms with Crippen molar-refractivity contribution in [3.8, 4) is 5.75 Å². The van der Waals surface area contributed by atoms with Gasteiger partial charge in [-0.3, -0.25) is 15.8 Å². The van der Waals surface area contributed by atoms with Gasteiger partial charge in [-0.05, 0) is 24.6 Å². The van der Waals surface area contributed by atoms with Crippen LogP contribution in [0.25, 0.3) is 0 Å². The van der Waals surface area contributed by atoms with Gasteiger partial charge in [0.2, 0.25) is 0 Å². The number of carboxylic acid groups (broad SMARTS) is 2. The standard InChI is InChI=1S/C16H19N3O.C4H4O4/c1-13(17)19(12-14-8-4-3-5-9-14)18-15-10-6-7-11-16(15)20-2;5-3(6)1-2-4(7)8/h3-11,17-18H,12H2,1-2H3;1-2H,(H,5,6)(H,7,8)/b;2-1-. The molecule has 8 heteroatoms. The zero-order valence-electron chi connectivity index (χ0n) is 15.6. The third-order valence-corrected chi connectivity index (χ3v) is 3.32. The van der Waals surface area contributed by atoms with Crippen LogP contribution in [-0.2, 0) is 16.1 Å². The number of para-hydroxylation sites is 2. The molecule has 0 radical (unpaired) electrons. The Labute approximate surface area is 163 Å². The van der Waals surface area contributed by atoms with E-state index in [-0.39, 0.29) is 0 Å². The van der Waals surface area contributed by atoms with E-state index in [4.69, 9.17) is 20.4 Å². The Balaban J connectivity index is 0.000000416. The van der Waals surface area contributed by atoms with Gasteiger partial charge in [0, 0.05) is 12.2 Å². The second-order valence-corrected chi connectivity index (χ2v) is 5.48. The zero-order chi connectivity index (χ0) is 20.9. The van der Waals surface area contributed by atoms with Gasteiger partial charge in [-0.1, -0.05) is 42.5 Å². The van der Waals surface area contributed by atoms with Crippen LogP contribution in [0.2, 0.25) is 0 Å². The molecular formula is C20H23N3O5. The van der Waals surface area contributed by atoms with Crippen LogP contribution in [0.3, 0.4) is 0 Å². The molecule has 148 valence electrons. The first-order chi connectivity index (χ1) is 13.3. The summed E-state index contributed by atoms with van der Waals surface area (Å²) in [6.45, 7) is 2.37. The van der Waals surface area contributed by atoms with Crippen molar-refractivity contribution in [3.05, 3.63) is 72.3 Å². The number of benzene rings is 2. The summed E-state index contributed by atoms with van der Waals surface area (Å²) >= 11 is 0. The summed E-state index contributed by atoms with van der Waals surface area (Å²) in [6, 6.07) is 17.7. The lowest BCUT2D eigenvalue weighted by Gasteiger charge is -2.26. The molecule has 0 saturated heterocycles. The van der Waals surface area contributed by atoms with Crippen molar-refractivity contribution in [3.63, 3.8) is 0 Å². The van der Waals surface area contributed by atoms with E-state index in [9.17, 15) is 9.59 Å². The fourth-order valence-corrected chi connectivity index (χ4v) is 2.03. The molecule has 4 N–H and O–H groups in total. The molecule has 0 aromatic heterocycles. The average molecular weight is 385 g/mol. The van der Waals surface area contributed by atoms with Gasteiger partial charge in [0.15, 0.2) is 0 Å². The van der Waals surface area contributed by atoms with E-state index in [0.717, 1.165) is 17.0 Å². The second kappa shape index (κ2) is 11.7. The van der Waals surface area contributed by atoms with E-state index in [2.05, 4.69) is 5.43 Å². The highest BCUT2D eigenvalue weighted by Gasteiger charge is 2.09. The number of methoxy groups -OCH3 is 1. The van der Waals surface area contributed by atoms with Gasteiger partial charge in [-0.2, -0.15) is 0 Å². The molecule has 0 unspecified atom stereocenters. The van der Waals surface area contributed by atoms with Gasteiger partial charge in [-0.25, -0.2) is 9.59 Å². The Morgan fingerprint density at radius 3 is 2.07 bits per heavy atom. The summed E-state index contributed by atoms with van der Waals surface area (Å²) in [4.78, 5) is 19.1. The largest absolute Gasteiger partial charge is 0.495 e. The normalized spacial score (nSPS) is 9.79. The van der Waals surface area contributed by atoms with Crippen molar-refractivity contribution < 1.29 is 24.5 Å². The summed E-state index contributed by atoms with van der Waals surface area (Å²) < 4.78 is 5.32. The van der Waals surface area contributed by atoms with Crippen LogP contribution in [0.1, 0.15) is 12.5 Å². The average Bonchev–Trinajstić information content (AvgIpc) is 2.67. The van der Waals surface area contributed by atoms with Crippen LogP contribution in [-0.4, -0.2) is 40.1 Å². The highest BCUT2D eigenvalue weighted by molar-refractivity contribution is 5.89. The Hall–Kier alpha value is -3.81. The third kappa shape index (κ3) is 8.52. The highest BCUT2D eigenvalue weighted by Crippen LogP contribution is 2.24. The quantitative estimate of drug-likeness (QED) is 0.250. The number of amidine groups is 1. The van der Waals surface area contributed by atoms with Crippen molar-refractivity contribution in [2.75, 3.05) is 12.5 Å². The van der Waals surface area contributed by atoms with Crippen LogP contribution >= 0.6 is 0 Å². The molecular weight excluding hydrogens is 362 g/mol. The fraction of sp³-hybridized carbons (Fsp3) is 0.150. The first-order valence-electron chi connectivity index (χ1n) is 8.23. The SMILES string of the molecule is COc1ccccc1NN(Cc1ccccc1)C(C)=N.O=C(O)/C=C\C(=O)O. The summed E-state index contributed by atoms with van der Waals surface area (Å²) in [6.07, 6.45) is 1.12. The van der Waals surface area contributed by atoms with Gasteiger partial charge in [-0.15, -0.1) is 0 Å². The molecule has 0 fully saturated rings. The first kappa shape index (κ1) is 22.2. The minimum absolute atomic E-state index is 0.444. The molecule has 28 heavy (non-hydrogen) atoms. The number of rotatable bonds is 7. The van der Waals surface area contributed by atoms with E-state index >= 15 is 0 Å². The maximum absolute atomic E-state index is 9.55. The maximum atomic E-state index is 9.55. The van der Waals surface area contributed by atoms with Gasteiger partial charge < -0.3 is 14.9 Å². The predicted octanol–water partition coefficient (Wildman–Crippen LogP) is 3.23. The molecule has 0 spiro atoms. The lowest BCUT2D eigenvalue weighted by Crippen LogP contribution is -2.33. The molecule has 0 amide bonds. The summed E-state index contributed by atoms with van der Waals surface area (Å²) in [7, 11) is 1.64. The summed E-state index contributed by atoms with van der Waals surface area (Å²) in [5, 5.41) is 25.3. The molecule has 0 bridgehead atoms. The lowest BCUT2D eigenvalue weighted by atomic mass is 10.2. The van der Waals surface area contributed by atoms with Crippen LogP contribution in [0.15, 0.2) is 66.7 Å². The minimum atomic E-state index is -1.26. The Bertz CT molecular complexity index is 806. The number of carbonyl (C=O) groups is 2. The van der Waals surface area contributed by atoms with Gasteiger partial charge in [0.05, 0.1) is 19.3 Å². The molecule has 2 aromatic carbocycles. The number of nitrogens with zero attached hydrogens (tertiary/aromatic N) is 1. The smallest absolute Gasteiger partial charge is 0.328 e. The van der Waals surface area contributed by atoms with Crippen molar-refractivity contribution in [1.82, 2.24) is 5.01 Å². The van der Waals surface area contributed by atoms with E-state index in [0.29, 0.717) is 24.5 Å². The maximum Gasteiger partial charge on any atom is 0.328 e. The molecule has 0 saturated carbocycles. The summed E-state index contributed by atoms with van der Waals surface area (Å²) in [5.74, 6) is -1.31. The minimum Gasteiger partial charge on any atom is -0.495 e. The number of ether oxygens (including phenoxy) is 1. The number of aliphatic carboxylic acids is 2. The summed E-state index contributed by atoms with van der Waals surface area (Å²) in [5.41, 5.74) is 5.22. The molecule has 2 aromatic rings. The zero-order valence-corrected chi connectivity index (χ0v) is 15.6. The molecule has 0 aliphatic heterocycles. The van der Waals surface area contributed by atoms with Crippen LogP contribution in [0, 0.1) is 5.41 Å². The second-order valence-electron chi connectivity index (χ2n) is 5.48. The molecule has 0 heterocycles. The van der Waals surface area contributed by atoms with E-state index < -0.39 is 11.9 Å². The van der Waals surface area contributed by atoms with Gasteiger partial charge >= 0.3 is 11.9 Å². The molecule has 0 aliphatic carbocycles. The topological polar surface area (TPSA) is 123 Å². The Morgan fingerprint density at radius 1 is 1.04 bits per heavy atom. The van der Waals surface area contributed by atoms with Crippen molar-refractivity contribution in [2.24, 2.45) is 0 Å². The monoisotopic (exact) mass is 385 g/mol. The van der Waals surface area contributed by atoms with Crippen molar-refractivity contribution in [2.45, 2.75) is 13.5 Å². The van der Waals surface area contributed by atoms with Crippen LogP contribution in [0.5, 0.6) is 5.75 Å². The van der Waals surface area contributed by atoms with Crippen molar-refractivity contribution >= 4 is 23.5 Å². The van der Waals surface area contributed by atoms with Gasteiger partial charge in [0.1, 0.15) is 11.6 Å². The molecule has 8 nitrogen and oxygen atoms in total. The van der Waals surface area contributed by atoms with Gasteiger partial charge in [0.25, 0.3) is 0 Å². The number of anilines is 1. The third-order valence-electron chi connectivity index (χ3n) is 3.32. The van der Waals surface area contributed by atoms with E-state index in [1.807, 2.05) is 54.6 Å². The predicted molar refractivity (Wildman–Crippen MR) is 106 cm³/mol. The number of carboxylic acids is 2. The van der Waals surface area contributed by atoms with Crippen LogP contribution < -0.4 is 10.2 Å². The highest BCUT2D eigenvalue weighted by atomic mass is 16.5. The van der Waals surface area contributed by atoms with E-state index in [1.54, 1.807) is 19.0 Å². The first-order valence-corrected chi connectivity index (χ1v) is 8.23. The number of nitrogens with one attached hydrogen (secondary N) is 2. The molecule has 0 aliphatic rings. The van der Waals surface area contributed by atoms with E-state index in [1.165, 1.54) is 0 Å².